The highest BCUT2D eigenvalue weighted by molar-refractivity contribution is 5.15. The van der Waals surface area contributed by atoms with Gasteiger partial charge in [0.2, 0.25) is 0 Å². The molecule has 0 amide bonds. The molecule has 4 heteroatoms. The zero-order chi connectivity index (χ0) is 18.8. The lowest BCUT2D eigenvalue weighted by atomic mass is 9.59. The monoisotopic (exact) mass is 360 g/mol. The Labute approximate surface area is 157 Å². The first-order valence-corrected chi connectivity index (χ1v) is 9.57. The third kappa shape index (κ3) is 4.20. The largest absolute Gasteiger partial charge is 0.396 e. The van der Waals surface area contributed by atoms with Crippen LogP contribution in [0.15, 0.2) is 42.5 Å². The topological polar surface area (TPSA) is 47.9 Å². The van der Waals surface area contributed by atoms with Gasteiger partial charge in [-0.3, -0.25) is 0 Å². The molecule has 1 N–H and O–H groups in total. The van der Waals surface area contributed by atoms with E-state index in [1.807, 2.05) is 32.0 Å². The average Bonchev–Trinajstić information content (AvgIpc) is 2.98. The Kier molecular flexibility index (Phi) is 5.88. The number of ether oxygens (including phenoxy) is 3. The molecule has 1 aliphatic carbocycles. The van der Waals surface area contributed by atoms with Crippen molar-refractivity contribution in [2.24, 2.45) is 17.3 Å². The first-order valence-electron chi connectivity index (χ1n) is 9.57. The Morgan fingerprint density at radius 3 is 2.58 bits per heavy atom. The van der Waals surface area contributed by atoms with Gasteiger partial charge < -0.3 is 19.3 Å². The van der Waals surface area contributed by atoms with Gasteiger partial charge in [0.05, 0.1) is 25.9 Å². The third-order valence-corrected chi connectivity index (χ3v) is 5.98. The van der Waals surface area contributed by atoms with Gasteiger partial charge >= 0.3 is 0 Å². The number of rotatable bonds is 6. The second-order valence-electron chi connectivity index (χ2n) is 8.47. The highest BCUT2D eigenvalue weighted by Crippen LogP contribution is 2.50. The smallest absolute Gasteiger partial charge is 0.163 e. The van der Waals surface area contributed by atoms with Gasteiger partial charge in [-0.15, -0.1) is 0 Å². The summed E-state index contributed by atoms with van der Waals surface area (Å²) in [6, 6.07) is 10.2. The molecule has 0 unspecified atom stereocenters. The van der Waals surface area contributed by atoms with Crippen molar-refractivity contribution in [1.29, 1.82) is 0 Å². The lowest BCUT2D eigenvalue weighted by Gasteiger charge is -2.48. The van der Waals surface area contributed by atoms with Crippen LogP contribution in [0.1, 0.15) is 39.2 Å². The molecule has 0 radical (unpaired) electrons. The summed E-state index contributed by atoms with van der Waals surface area (Å²) in [6.45, 7) is 12.2. The Morgan fingerprint density at radius 1 is 1.23 bits per heavy atom. The van der Waals surface area contributed by atoms with E-state index in [1.165, 1.54) is 5.57 Å². The van der Waals surface area contributed by atoms with Crippen LogP contribution in [0.3, 0.4) is 0 Å². The fourth-order valence-corrected chi connectivity index (χ4v) is 4.42. The minimum absolute atomic E-state index is 0.0514. The van der Waals surface area contributed by atoms with Crippen molar-refractivity contribution in [2.75, 3.05) is 19.8 Å². The van der Waals surface area contributed by atoms with Gasteiger partial charge in [-0.25, -0.2) is 0 Å². The summed E-state index contributed by atoms with van der Waals surface area (Å²) in [5, 5.41) is 10.2. The van der Waals surface area contributed by atoms with Crippen molar-refractivity contribution < 1.29 is 19.3 Å². The molecule has 144 valence electrons. The Morgan fingerprint density at radius 2 is 1.96 bits per heavy atom. The highest BCUT2D eigenvalue weighted by Gasteiger charge is 2.51. The van der Waals surface area contributed by atoms with Crippen LogP contribution in [0.25, 0.3) is 0 Å². The second-order valence-corrected chi connectivity index (χ2v) is 8.47. The summed E-state index contributed by atoms with van der Waals surface area (Å²) in [4.78, 5) is 0. The maximum Gasteiger partial charge on any atom is 0.163 e. The Balaban J connectivity index is 1.74. The van der Waals surface area contributed by atoms with E-state index >= 15 is 0 Å². The molecule has 0 bridgehead atoms. The zero-order valence-electron chi connectivity index (χ0n) is 16.2. The molecule has 2 aliphatic rings. The van der Waals surface area contributed by atoms with Crippen LogP contribution in [0.4, 0.5) is 0 Å². The average molecular weight is 360 g/mol. The summed E-state index contributed by atoms with van der Waals surface area (Å²) in [5.74, 6) is -0.284. The molecule has 3 rings (SSSR count). The van der Waals surface area contributed by atoms with Crippen molar-refractivity contribution in [3.8, 4) is 0 Å². The van der Waals surface area contributed by atoms with Crippen molar-refractivity contribution in [2.45, 2.75) is 52.1 Å². The van der Waals surface area contributed by atoms with Gasteiger partial charge in [0, 0.05) is 18.4 Å². The highest BCUT2D eigenvalue weighted by atomic mass is 16.7. The van der Waals surface area contributed by atoms with Crippen LogP contribution in [-0.4, -0.2) is 36.8 Å². The molecule has 4 atom stereocenters. The molecular weight excluding hydrogens is 328 g/mol. The molecule has 1 saturated carbocycles. The molecule has 4 nitrogen and oxygen atoms in total. The van der Waals surface area contributed by atoms with Gasteiger partial charge in [-0.2, -0.15) is 0 Å². The summed E-state index contributed by atoms with van der Waals surface area (Å²) < 4.78 is 18.1. The van der Waals surface area contributed by atoms with E-state index in [0.717, 1.165) is 18.4 Å². The molecule has 0 aromatic heterocycles. The minimum atomic E-state index is -0.574. The molecule has 1 heterocycles. The van der Waals surface area contributed by atoms with E-state index in [4.69, 9.17) is 14.2 Å². The summed E-state index contributed by atoms with van der Waals surface area (Å²) in [7, 11) is 0. The summed E-state index contributed by atoms with van der Waals surface area (Å²) >= 11 is 0. The molecule has 1 aliphatic heterocycles. The predicted octanol–water partition coefficient (Wildman–Crippen LogP) is 3.94. The van der Waals surface area contributed by atoms with Gasteiger partial charge in [0.15, 0.2) is 5.79 Å². The van der Waals surface area contributed by atoms with E-state index in [9.17, 15) is 5.11 Å². The Bertz CT molecular complexity index is 612. The lowest BCUT2D eigenvalue weighted by Crippen LogP contribution is -2.49. The maximum atomic E-state index is 10.2. The molecular formula is C22H32O4. The van der Waals surface area contributed by atoms with Gasteiger partial charge in [0.25, 0.3) is 0 Å². The standard InChI is InChI=1S/C22H32O4/c1-16-10-11-22(4,15-23)20(19-14-25-21(2,3)26-19)18(16)13-24-12-17-8-6-5-7-9-17/h5-9,18-20,23H,1,10-15H2,2-4H3/t18-,19-,20-,22-/m0/s1. The molecule has 1 aromatic carbocycles. The molecule has 26 heavy (non-hydrogen) atoms. The molecule has 2 fully saturated rings. The van der Waals surface area contributed by atoms with E-state index in [-0.39, 0.29) is 30.0 Å². The quantitative estimate of drug-likeness (QED) is 0.781. The first-order chi connectivity index (χ1) is 12.3. The van der Waals surface area contributed by atoms with Gasteiger partial charge in [-0.1, -0.05) is 49.4 Å². The second kappa shape index (κ2) is 7.81. The van der Waals surface area contributed by atoms with Crippen LogP contribution in [-0.2, 0) is 20.8 Å². The van der Waals surface area contributed by atoms with Crippen LogP contribution in [0, 0.1) is 17.3 Å². The normalized spacial score (nSPS) is 34.2. The van der Waals surface area contributed by atoms with E-state index in [1.54, 1.807) is 0 Å². The van der Waals surface area contributed by atoms with Crippen LogP contribution >= 0.6 is 0 Å². The Hall–Kier alpha value is -1.20. The fraction of sp³-hybridized carbons (Fsp3) is 0.636. The SMILES string of the molecule is C=C1CC[C@@](C)(CO)[C@H]([C@@H]2COC(C)(C)O2)[C@H]1COCc1ccccc1. The van der Waals surface area contributed by atoms with E-state index in [0.29, 0.717) is 19.8 Å². The van der Waals surface area contributed by atoms with Gasteiger partial charge in [0.1, 0.15) is 0 Å². The number of benzene rings is 1. The molecule has 0 spiro atoms. The number of hydrogen-bond donors (Lipinski definition) is 1. The third-order valence-electron chi connectivity index (χ3n) is 5.98. The van der Waals surface area contributed by atoms with Crippen molar-refractivity contribution in [3.63, 3.8) is 0 Å². The molecule has 1 aromatic rings. The summed E-state index contributed by atoms with van der Waals surface area (Å²) in [5.41, 5.74) is 2.15. The lowest BCUT2D eigenvalue weighted by molar-refractivity contribution is -0.162. The van der Waals surface area contributed by atoms with E-state index < -0.39 is 5.79 Å². The minimum Gasteiger partial charge on any atom is -0.396 e. The van der Waals surface area contributed by atoms with Crippen molar-refractivity contribution in [3.05, 3.63) is 48.0 Å². The number of aliphatic hydroxyl groups is 1. The van der Waals surface area contributed by atoms with Crippen LogP contribution in [0.5, 0.6) is 0 Å². The van der Waals surface area contributed by atoms with Crippen molar-refractivity contribution in [1.82, 2.24) is 0 Å². The fourth-order valence-electron chi connectivity index (χ4n) is 4.42. The zero-order valence-corrected chi connectivity index (χ0v) is 16.2. The first kappa shape index (κ1) is 19.6. The van der Waals surface area contributed by atoms with Crippen molar-refractivity contribution >= 4 is 0 Å². The summed E-state index contributed by atoms with van der Waals surface area (Å²) in [6.07, 6.45) is 1.79. The van der Waals surface area contributed by atoms with Gasteiger partial charge in [-0.05, 0) is 37.7 Å². The maximum absolute atomic E-state index is 10.2. The number of hydrogen-bond acceptors (Lipinski definition) is 4. The van der Waals surface area contributed by atoms with Crippen LogP contribution in [0.2, 0.25) is 0 Å². The van der Waals surface area contributed by atoms with E-state index in [2.05, 4.69) is 25.6 Å². The van der Waals surface area contributed by atoms with Crippen LogP contribution < -0.4 is 0 Å². The molecule has 1 saturated heterocycles. The predicted molar refractivity (Wildman–Crippen MR) is 102 cm³/mol. The number of aliphatic hydroxyl groups excluding tert-OH is 1.